The van der Waals surface area contributed by atoms with Crippen molar-refractivity contribution in [2.75, 3.05) is 0 Å². The van der Waals surface area contributed by atoms with E-state index in [0.717, 1.165) is 36.8 Å². The maximum atomic E-state index is 12.8. The molecule has 2 nitrogen and oxygen atoms in total. The number of Topliss-reactive ketones (excluding diaryl/α,β-unsaturated/α-hetero) is 1. The number of rotatable bonds is 3. The summed E-state index contributed by atoms with van der Waals surface area (Å²) in [4.78, 5) is 12.8. The van der Waals surface area contributed by atoms with Crippen molar-refractivity contribution in [2.24, 2.45) is 5.92 Å². The second-order valence-corrected chi connectivity index (χ2v) is 8.37. The van der Waals surface area contributed by atoms with Gasteiger partial charge in [-0.25, -0.2) is 0 Å². The predicted octanol–water partition coefficient (Wildman–Crippen LogP) is 4.10. The Morgan fingerprint density at radius 3 is 2.57 bits per heavy atom. The van der Waals surface area contributed by atoms with Crippen molar-refractivity contribution in [3.05, 3.63) is 35.4 Å². The average Bonchev–Trinajstić information content (AvgIpc) is 3.27. The summed E-state index contributed by atoms with van der Waals surface area (Å²) in [5.41, 5.74) is 1.58. The zero-order chi connectivity index (χ0) is 14.4. The first-order valence-corrected chi connectivity index (χ1v) is 8.86. The Bertz CT molecular complexity index is 616. The third kappa shape index (κ3) is 2.30. The van der Waals surface area contributed by atoms with Crippen LogP contribution in [0.4, 0.5) is 0 Å². The fourth-order valence-electron chi connectivity index (χ4n) is 3.87. The topological polar surface area (TPSA) is 40.9 Å². The Hall–Kier alpha value is -1.27. The largest absolute Gasteiger partial charge is 0.294 e. The van der Waals surface area contributed by atoms with Gasteiger partial charge >= 0.3 is 0 Å². The lowest BCUT2D eigenvalue weighted by Crippen LogP contribution is -2.25. The number of hydrogen-bond acceptors (Lipinski definition) is 3. The molecule has 0 N–H and O–H groups in total. The normalized spacial score (nSPS) is 32.4. The molecule has 1 aliphatic carbocycles. The Morgan fingerprint density at radius 1 is 1.24 bits per heavy atom. The summed E-state index contributed by atoms with van der Waals surface area (Å²) in [5, 5.41) is 10.7. The fourth-order valence-corrected chi connectivity index (χ4v) is 5.64. The molecule has 2 bridgehead atoms. The molecular formula is C18H19NOS. The van der Waals surface area contributed by atoms with Gasteiger partial charge in [0.15, 0.2) is 5.78 Å². The molecule has 0 amide bonds. The summed E-state index contributed by atoms with van der Waals surface area (Å²) < 4.78 is 0. The molecule has 3 aliphatic rings. The number of thioether (sulfide) groups is 1. The number of carbonyl (C=O) groups excluding carboxylic acids is 1. The van der Waals surface area contributed by atoms with Gasteiger partial charge in [0.2, 0.25) is 0 Å². The Balaban J connectivity index is 1.57. The van der Waals surface area contributed by atoms with Gasteiger partial charge in [-0.3, -0.25) is 4.79 Å². The quantitative estimate of drug-likeness (QED) is 0.789. The molecule has 2 aliphatic heterocycles. The number of carbonyl (C=O) groups is 1. The van der Waals surface area contributed by atoms with Gasteiger partial charge in [-0.15, -0.1) is 0 Å². The lowest BCUT2D eigenvalue weighted by atomic mass is 9.88. The molecule has 2 saturated heterocycles. The molecule has 108 valence electrons. The van der Waals surface area contributed by atoms with Crippen LogP contribution in [0.25, 0.3) is 0 Å². The van der Waals surface area contributed by atoms with Crippen molar-refractivity contribution in [3.8, 4) is 6.07 Å². The predicted molar refractivity (Wildman–Crippen MR) is 84.4 cm³/mol. The first kappa shape index (κ1) is 13.4. The van der Waals surface area contributed by atoms with Crippen LogP contribution in [0.3, 0.4) is 0 Å². The summed E-state index contributed by atoms with van der Waals surface area (Å²) in [6.45, 7) is 0. The van der Waals surface area contributed by atoms with Crippen LogP contribution in [0, 0.1) is 17.2 Å². The first-order valence-electron chi connectivity index (χ1n) is 7.92. The molecule has 21 heavy (non-hydrogen) atoms. The molecule has 1 saturated carbocycles. The van der Waals surface area contributed by atoms with Crippen molar-refractivity contribution >= 4 is 17.5 Å². The van der Waals surface area contributed by atoms with Crippen LogP contribution >= 0.6 is 11.8 Å². The van der Waals surface area contributed by atoms with Crippen LogP contribution in [-0.4, -0.2) is 16.3 Å². The highest BCUT2D eigenvalue weighted by Gasteiger charge is 2.45. The standard InChI is InChI=1S/C18H19NOS/c19-11-18(6-7-18)14-3-1-2-12(8-14)17(20)13-9-15-4-5-16(10-13)21-15/h1-3,8,13,15-16H,4-7,9-10H2. The van der Waals surface area contributed by atoms with E-state index >= 15 is 0 Å². The highest BCUT2D eigenvalue weighted by molar-refractivity contribution is 8.00. The number of ketones is 1. The minimum absolute atomic E-state index is 0.205. The van der Waals surface area contributed by atoms with Gasteiger partial charge in [-0.2, -0.15) is 17.0 Å². The Kier molecular flexibility index (Phi) is 3.11. The molecule has 1 aromatic rings. The second-order valence-electron chi connectivity index (χ2n) is 6.76. The van der Waals surface area contributed by atoms with Crippen molar-refractivity contribution in [1.82, 2.24) is 0 Å². The van der Waals surface area contributed by atoms with E-state index in [4.69, 9.17) is 0 Å². The summed E-state index contributed by atoms with van der Waals surface area (Å²) >= 11 is 2.09. The van der Waals surface area contributed by atoms with Gasteiger partial charge in [0, 0.05) is 22.0 Å². The summed E-state index contributed by atoms with van der Waals surface area (Å²) in [7, 11) is 0. The van der Waals surface area contributed by atoms with Crippen molar-refractivity contribution in [1.29, 1.82) is 5.26 Å². The molecule has 0 aromatic heterocycles. The van der Waals surface area contributed by atoms with Crippen LogP contribution in [0.1, 0.15) is 54.4 Å². The molecule has 3 heteroatoms. The van der Waals surface area contributed by atoms with E-state index in [9.17, 15) is 10.1 Å². The monoisotopic (exact) mass is 297 g/mol. The molecule has 0 radical (unpaired) electrons. The lowest BCUT2D eigenvalue weighted by molar-refractivity contribution is 0.0907. The average molecular weight is 297 g/mol. The summed E-state index contributed by atoms with van der Waals surface area (Å²) in [6.07, 6.45) is 6.55. The smallest absolute Gasteiger partial charge is 0.166 e. The van der Waals surface area contributed by atoms with E-state index in [0.29, 0.717) is 16.3 Å². The molecule has 3 fully saturated rings. The van der Waals surface area contributed by atoms with Crippen LogP contribution in [0.5, 0.6) is 0 Å². The zero-order valence-corrected chi connectivity index (χ0v) is 12.9. The molecule has 1 aromatic carbocycles. The highest BCUT2D eigenvalue weighted by Crippen LogP contribution is 2.49. The van der Waals surface area contributed by atoms with Crippen LogP contribution in [0.15, 0.2) is 24.3 Å². The SMILES string of the molecule is N#CC1(c2cccc(C(=O)C3CC4CCC(C3)S4)c2)CC1. The van der Waals surface area contributed by atoms with Gasteiger partial charge < -0.3 is 0 Å². The van der Waals surface area contributed by atoms with Crippen molar-refractivity contribution in [2.45, 2.75) is 54.4 Å². The van der Waals surface area contributed by atoms with Gasteiger partial charge in [0.25, 0.3) is 0 Å². The maximum Gasteiger partial charge on any atom is 0.166 e. The van der Waals surface area contributed by atoms with E-state index in [-0.39, 0.29) is 11.3 Å². The third-order valence-electron chi connectivity index (χ3n) is 5.32. The van der Waals surface area contributed by atoms with E-state index in [1.807, 2.05) is 24.3 Å². The van der Waals surface area contributed by atoms with E-state index in [1.165, 1.54) is 12.8 Å². The highest BCUT2D eigenvalue weighted by atomic mass is 32.2. The summed E-state index contributed by atoms with van der Waals surface area (Å²) in [6, 6.07) is 10.3. The third-order valence-corrected chi connectivity index (χ3v) is 6.95. The Morgan fingerprint density at radius 2 is 1.95 bits per heavy atom. The van der Waals surface area contributed by atoms with Crippen molar-refractivity contribution < 1.29 is 4.79 Å². The van der Waals surface area contributed by atoms with Gasteiger partial charge in [0.1, 0.15) is 0 Å². The van der Waals surface area contributed by atoms with E-state index in [1.54, 1.807) is 0 Å². The van der Waals surface area contributed by atoms with Gasteiger partial charge in [0.05, 0.1) is 11.5 Å². The lowest BCUT2D eigenvalue weighted by Gasteiger charge is -2.26. The van der Waals surface area contributed by atoms with E-state index < -0.39 is 0 Å². The molecular weight excluding hydrogens is 278 g/mol. The zero-order valence-electron chi connectivity index (χ0n) is 12.0. The number of benzene rings is 1. The maximum absolute atomic E-state index is 12.8. The molecule has 2 unspecified atom stereocenters. The molecule has 2 heterocycles. The molecule has 2 atom stereocenters. The van der Waals surface area contributed by atoms with Gasteiger partial charge in [-0.1, -0.05) is 18.2 Å². The van der Waals surface area contributed by atoms with Crippen LogP contribution < -0.4 is 0 Å². The summed E-state index contributed by atoms with van der Waals surface area (Å²) in [5.74, 6) is 0.513. The van der Waals surface area contributed by atoms with Gasteiger partial charge in [-0.05, 0) is 50.2 Å². The number of fused-ring (bicyclic) bond motifs is 2. The number of hydrogen-bond donors (Lipinski definition) is 0. The minimum atomic E-state index is -0.294. The van der Waals surface area contributed by atoms with Crippen LogP contribution in [0.2, 0.25) is 0 Å². The number of nitrogens with zero attached hydrogens (tertiary/aromatic N) is 1. The molecule has 4 rings (SSSR count). The second kappa shape index (κ2) is 4.88. The number of nitriles is 1. The fraction of sp³-hybridized carbons (Fsp3) is 0.556. The first-order chi connectivity index (χ1) is 10.2. The Labute approximate surface area is 129 Å². The van der Waals surface area contributed by atoms with Crippen LogP contribution in [-0.2, 0) is 5.41 Å². The van der Waals surface area contributed by atoms with E-state index in [2.05, 4.69) is 17.8 Å². The molecule has 0 spiro atoms. The minimum Gasteiger partial charge on any atom is -0.294 e. The van der Waals surface area contributed by atoms with Crippen molar-refractivity contribution in [3.63, 3.8) is 0 Å².